The molecule has 250 valence electrons. The Morgan fingerprint density at radius 2 is 1.24 bits per heavy atom. The average Bonchev–Trinajstić information content (AvgIpc) is 3.18. The minimum Gasteiger partial charge on any atom is -0.468 e. The van der Waals surface area contributed by atoms with E-state index in [1.807, 2.05) is 103 Å². The van der Waals surface area contributed by atoms with E-state index in [-0.39, 0.29) is 17.8 Å². The van der Waals surface area contributed by atoms with Gasteiger partial charge in [0, 0.05) is 17.8 Å². The van der Waals surface area contributed by atoms with Crippen molar-refractivity contribution in [3.05, 3.63) is 168 Å². The van der Waals surface area contributed by atoms with Gasteiger partial charge in [-0.1, -0.05) is 103 Å². The summed E-state index contributed by atoms with van der Waals surface area (Å²) in [5, 5.41) is 9.93. The fourth-order valence-electron chi connectivity index (χ4n) is 6.18. The molecule has 0 saturated carbocycles. The van der Waals surface area contributed by atoms with Crippen molar-refractivity contribution in [3.8, 4) is 0 Å². The number of esters is 2. The fourth-order valence-corrected chi connectivity index (χ4v) is 6.18. The van der Waals surface area contributed by atoms with E-state index >= 15 is 0 Å². The van der Waals surface area contributed by atoms with E-state index in [2.05, 4.69) is 25.9 Å². The van der Waals surface area contributed by atoms with Crippen LogP contribution in [0, 0.1) is 0 Å². The predicted octanol–water partition coefficient (Wildman–Crippen LogP) is 6.73. The summed E-state index contributed by atoms with van der Waals surface area (Å²) in [5.74, 6) is -1.02. The number of hydrogen-bond acceptors (Lipinski definition) is 8. The number of urea groups is 1. The topological polar surface area (TPSA) is 132 Å². The summed E-state index contributed by atoms with van der Waals surface area (Å²) in [7, 11) is 2.63. The number of pyridine rings is 2. The van der Waals surface area contributed by atoms with E-state index < -0.39 is 29.6 Å². The van der Waals surface area contributed by atoms with Crippen LogP contribution in [0.1, 0.15) is 32.6 Å². The maximum Gasteiger partial charge on any atom is 0.341 e. The van der Waals surface area contributed by atoms with Gasteiger partial charge in [-0.15, -0.1) is 0 Å². The predicted molar refractivity (Wildman–Crippen MR) is 192 cm³/mol. The zero-order chi connectivity index (χ0) is 34.9. The minimum absolute atomic E-state index is 0.0523. The third kappa shape index (κ3) is 6.92. The summed E-state index contributed by atoms with van der Waals surface area (Å²) < 4.78 is 10.2. The number of rotatable bonds is 11. The quantitative estimate of drug-likeness (QED) is 0.103. The average molecular weight is 666 g/mol. The molecule has 0 aliphatic carbocycles. The lowest BCUT2D eigenvalue weighted by Crippen LogP contribution is -2.53. The van der Waals surface area contributed by atoms with Crippen LogP contribution in [0.2, 0.25) is 0 Å². The maximum atomic E-state index is 13.7. The zero-order valence-electron chi connectivity index (χ0n) is 27.5. The first-order valence-corrected chi connectivity index (χ1v) is 15.9. The molecule has 10 heteroatoms. The maximum absolute atomic E-state index is 13.7. The van der Waals surface area contributed by atoms with Gasteiger partial charge in [-0.3, -0.25) is 20.4 Å². The third-order valence-electron chi connectivity index (χ3n) is 8.47. The Kier molecular flexibility index (Phi) is 10.2. The summed E-state index contributed by atoms with van der Waals surface area (Å²) in [4.78, 5) is 47.7. The standard InChI is InChI=1S/C40H35N5O5/c1-49-37(46)32-21-13-25-42-36(32)44-39(48)43-33-23-22-27(31-20-12-24-41-35(31)33)26-34(38(47)50-2)45-40(28-14-6-3-7-15-28,29-16-8-4-9-17-29)30-18-10-5-11-19-30/h3-25,34,45H,26H2,1-2H3,(H2,42,43,44,48)/t34-/m0/s1. The molecule has 0 aliphatic rings. The second-order valence-electron chi connectivity index (χ2n) is 11.4. The molecule has 0 bridgehead atoms. The molecular weight excluding hydrogens is 630 g/mol. The molecule has 0 aliphatic heterocycles. The molecule has 50 heavy (non-hydrogen) atoms. The van der Waals surface area contributed by atoms with Crippen LogP contribution in [-0.4, -0.2) is 48.2 Å². The van der Waals surface area contributed by atoms with Gasteiger partial charge in [-0.25, -0.2) is 14.6 Å². The zero-order valence-corrected chi connectivity index (χ0v) is 27.5. The summed E-state index contributed by atoms with van der Waals surface area (Å²) in [5.41, 5.74) is 3.78. The van der Waals surface area contributed by atoms with Gasteiger partial charge in [0.1, 0.15) is 17.4 Å². The molecule has 10 nitrogen and oxygen atoms in total. The molecule has 4 aromatic carbocycles. The molecule has 0 unspecified atom stereocenters. The number of methoxy groups -OCH3 is 2. The number of fused-ring (bicyclic) bond motifs is 1. The number of benzene rings is 4. The molecule has 0 saturated heterocycles. The van der Waals surface area contributed by atoms with E-state index in [0.717, 1.165) is 27.6 Å². The first-order chi connectivity index (χ1) is 24.4. The van der Waals surface area contributed by atoms with Crippen LogP contribution in [0.5, 0.6) is 0 Å². The Bertz CT molecular complexity index is 2010. The van der Waals surface area contributed by atoms with Gasteiger partial charge in [-0.05, 0) is 52.9 Å². The Hall–Kier alpha value is -6.39. The van der Waals surface area contributed by atoms with Crippen molar-refractivity contribution in [1.29, 1.82) is 0 Å². The number of hydrogen-bond donors (Lipinski definition) is 3. The van der Waals surface area contributed by atoms with Gasteiger partial charge < -0.3 is 14.8 Å². The van der Waals surface area contributed by atoms with E-state index in [1.54, 1.807) is 24.4 Å². The number of amides is 2. The number of aromatic nitrogens is 2. The van der Waals surface area contributed by atoms with Crippen LogP contribution in [0.3, 0.4) is 0 Å². The summed E-state index contributed by atoms with van der Waals surface area (Å²) in [6, 6.07) is 39.0. The van der Waals surface area contributed by atoms with Gasteiger partial charge in [0.2, 0.25) is 0 Å². The molecule has 6 rings (SSSR count). The normalized spacial score (nSPS) is 11.7. The Labute approximate surface area is 289 Å². The molecular formula is C40H35N5O5. The largest absolute Gasteiger partial charge is 0.468 e. The first kappa shape index (κ1) is 33.5. The number of carbonyl (C=O) groups excluding carboxylic acids is 3. The highest BCUT2D eigenvalue weighted by Crippen LogP contribution is 2.38. The van der Waals surface area contributed by atoms with Gasteiger partial charge in [-0.2, -0.15) is 0 Å². The number of anilines is 2. The van der Waals surface area contributed by atoms with Crippen molar-refractivity contribution in [1.82, 2.24) is 15.3 Å². The molecule has 0 spiro atoms. The van der Waals surface area contributed by atoms with Crippen molar-refractivity contribution < 1.29 is 23.9 Å². The molecule has 1 atom stereocenters. The monoisotopic (exact) mass is 665 g/mol. The van der Waals surface area contributed by atoms with Gasteiger partial charge in [0.15, 0.2) is 0 Å². The molecule has 2 heterocycles. The number of carbonyl (C=O) groups is 3. The SMILES string of the molecule is COC(=O)c1cccnc1NC(=O)Nc1ccc(C[C@H](NC(c2ccccc2)(c2ccccc2)c2ccccc2)C(=O)OC)c2cccnc12. The van der Waals surface area contributed by atoms with Crippen LogP contribution >= 0.6 is 0 Å². The van der Waals surface area contributed by atoms with Crippen molar-refractivity contribution in [2.24, 2.45) is 0 Å². The van der Waals surface area contributed by atoms with Gasteiger partial charge >= 0.3 is 18.0 Å². The smallest absolute Gasteiger partial charge is 0.341 e. The molecule has 0 fully saturated rings. The molecule has 2 aromatic heterocycles. The van der Waals surface area contributed by atoms with E-state index in [1.165, 1.54) is 26.5 Å². The van der Waals surface area contributed by atoms with Gasteiger partial charge in [0.25, 0.3) is 0 Å². The molecule has 6 aromatic rings. The Morgan fingerprint density at radius 3 is 1.82 bits per heavy atom. The van der Waals surface area contributed by atoms with Crippen LogP contribution in [0.15, 0.2) is 140 Å². The summed E-state index contributed by atoms with van der Waals surface area (Å²) in [6.07, 6.45) is 3.33. The first-order valence-electron chi connectivity index (χ1n) is 15.9. The number of ether oxygens (including phenoxy) is 2. The van der Waals surface area contributed by atoms with Crippen molar-refractivity contribution in [2.45, 2.75) is 18.0 Å². The summed E-state index contributed by atoms with van der Waals surface area (Å²) >= 11 is 0. The van der Waals surface area contributed by atoms with Crippen LogP contribution in [-0.2, 0) is 26.2 Å². The minimum atomic E-state index is -0.926. The van der Waals surface area contributed by atoms with Crippen molar-refractivity contribution in [3.63, 3.8) is 0 Å². The highest BCUT2D eigenvalue weighted by Gasteiger charge is 2.40. The Morgan fingerprint density at radius 1 is 0.660 bits per heavy atom. The lowest BCUT2D eigenvalue weighted by Gasteiger charge is -2.39. The number of nitrogens with zero attached hydrogens (tertiary/aromatic N) is 2. The van der Waals surface area contributed by atoms with Crippen molar-refractivity contribution in [2.75, 3.05) is 24.9 Å². The molecule has 3 N–H and O–H groups in total. The van der Waals surface area contributed by atoms with Gasteiger partial charge in [0.05, 0.1) is 31.0 Å². The second-order valence-corrected chi connectivity index (χ2v) is 11.4. The van der Waals surface area contributed by atoms with E-state index in [4.69, 9.17) is 9.47 Å². The summed E-state index contributed by atoms with van der Waals surface area (Å²) in [6.45, 7) is 0. The lowest BCUT2D eigenvalue weighted by atomic mass is 9.76. The highest BCUT2D eigenvalue weighted by atomic mass is 16.5. The van der Waals surface area contributed by atoms with E-state index in [0.29, 0.717) is 11.2 Å². The fraction of sp³-hybridized carbons (Fsp3) is 0.125. The lowest BCUT2D eigenvalue weighted by molar-refractivity contribution is -0.143. The van der Waals surface area contributed by atoms with E-state index in [9.17, 15) is 14.4 Å². The molecule has 2 amide bonds. The number of nitrogens with one attached hydrogen (secondary N) is 3. The van der Waals surface area contributed by atoms with Crippen LogP contribution in [0.4, 0.5) is 16.3 Å². The second kappa shape index (κ2) is 15.2. The van der Waals surface area contributed by atoms with Crippen LogP contribution < -0.4 is 16.0 Å². The third-order valence-corrected chi connectivity index (χ3v) is 8.47. The Balaban J connectivity index is 1.37. The highest BCUT2D eigenvalue weighted by molar-refractivity contribution is 6.07. The van der Waals surface area contributed by atoms with Crippen LogP contribution in [0.25, 0.3) is 10.9 Å². The molecule has 0 radical (unpaired) electrons. The van der Waals surface area contributed by atoms with Crippen molar-refractivity contribution >= 4 is 40.4 Å².